The standard InChI is InChI=1S/C25H20FNO3S/c1-17-6-2-3-8-20(17)16-30-21-12-10-18(11-13-21)14-23-24(28)27(25(29)31-23)15-19-7-4-5-9-22(19)26/h2-14H,15-16H2,1H3/b23-14-. The van der Waals surface area contributed by atoms with Crippen LogP contribution >= 0.6 is 11.8 Å². The van der Waals surface area contributed by atoms with Crippen molar-refractivity contribution in [2.45, 2.75) is 20.1 Å². The quantitative estimate of drug-likeness (QED) is 0.451. The lowest BCUT2D eigenvalue weighted by Crippen LogP contribution is -2.27. The molecule has 0 radical (unpaired) electrons. The van der Waals surface area contributed by atoms with E-state index in [0.29, 0.717) is 22.8 Å². The maximum atomic E-state index is 13.9. The summed E-state index contributed by atoms with van der Waals surface area (Å²) in [5.74, 6) is -0.141. The number of thioether (sulfide) groups is 1. The molecule has 1 aliphatic rings. The third-order valence-electron chi connectivity index (χ3n) is 4.99. The molecular weight excluding hydrogens is 413 g/mol. The van der Waals surface area contributed by atoms with Gasteiger partial charge in [-0.25, -0.2) is 4.39 Å². The lowest BCUT2D eigenvalue weighted by Gasteiger charge is -2.12. The first-order valence-electron chi connectivity index (χ1n) is 9.77. The minimum Gasteiger partial charge on any atom is -0.489 e. The zero-order valence-electron chi connectivity index (χ0n) is 16.9. The summed E-state index contributed by atoms with van der Waals surface area (Å²) in [5.41, 5.74) is 3.38. The van der Waals surface area contributed by atoms with Crippen molar-refractivity contribution in [2.24, 2.45) is 0 Å². The van der Waals surface area contributed by atoms with Gasteiger partial charge in [0.15, 0.2) is 0 Å². The van der Waals surface area contributed by atoms with Gasteiger partial charge in [-0.05, 0) is 59.7 Å². The van der Waals surface area contributed by atoms with E-state index in [0.717, 1.165) is 27.8 Å². The van der Waals surface area contributed by atoms with Crippen molar-refractivity contribution < 1.29 is 18.7 Å². The number of aryl methyl sites for hydroxylation is 1. The molecule has 0 N–H and O–H groups in total. The monoisotopic (exact) mass is 433 g/mol. The summed E-state index contributed by atoms with van der Waals surface area (Å²) < 4.78 is 19.7. The molecule has 3 aromatic rings. The Balaban J connectivity index is 1.42. The van der Waals surface area contributed by atoms with Gasteiger partial charge >= 0.3 is 0 Å². The average molecular weight is 434 g/mol. The predicted molar refractivity (Wildman–Crippen MR) is 120 cm³/mol. The number of carbonyl (C=O) groups excluding carboxylic acids is 2. The van der Waals surface area contributed by atoms with Crippen molar-refractivity contribution in [1.82, 2.24) is 4.90 Å². The molecule has 6 heteroatoms. The van der Waals surface area contributed by atoms with Gasteiger partial charge in [-0.15, -0.1) is 0 Å². The molecule has 0 atom stereocenters. The van der Waals surface area contributed by atoms with Crippen LogP contribution in [0.25, 0.3) is 6.08 Å². The molecule has 4 nitrogen and oxygen atoms in total. The highest BCUT2D eigenvalue weighted by atomic mass is 32.2. The van der Waals surface area contributed by atoms with Crippen LogP contribution in [0.5, 0.6) is 5.75 Å². The van der Waals surface area contributed by atoms with Crippen LogP contribution in [0.15, 0.2) is 77.7 Å². The molecule has 0 spiro atoms. The lowest BCUT2D eigenvalue weighted by atomic mass is 10.1. The van der Waals surface area contributed by atoms with Crippen molar-refractivity contribution in [3.63, 3.8) is 0 Å². The predicted octanol–water partition coefficient (Wildman–Crippen LogP) is 5.95. The molecule has 1 saturated heterocycles. The first kappa shape index (κ1) is 20.9. The summed E-state index contributed by atoms with van der Waals surface area (Å²) in [7, 11) is 0. The number of ether oxygens (including phenoxy) is 1. The van der Waals surface area contributed by atoms with Gasteiger partial charge in [0.2, 0.25) is 0 Å². The first-order chi connectivity index (χ1) is 15.0. The van der Waals surface area contributed by atoms with E-state index in [1.165, 1.54) is 11.6 Å². The van der Waals surface area contributed by atoms with Gasteiger partial charge < -0.3 is 4.74 Å². The normalized spacial score (nSPS) is 15.0. The Kier molecular flexibility index (Phi) is 6.18. The van der Waals surface area contributed by atoms with E-state index >= 15 is 0 Å². The summed E-state index contributed by atoms with van der Waals surface area (Å²) in [5, 5.41) is -0.405. The Morgan fingerprint density at radius 1 is 0.935 bits per heavy atom. The molecule has 0 unspecified atom stereocenters. The fourth-order valence-corrected chi connectivity index (χ4v) is 4.02. The van der Waals surface area contributed by atoms with Gasteiger partial charge in [-0.1, -0.05) is 54.6 Å². The Morgan fingerprint density at radius 2 is 1.61 bits per heavy atom. The van der Waals surface area contributed by atoms with Gasteiger partial charge in [-0.2, -0.15) is 0 Å². The Morgan fingerprint density at radius 3 is 2.32 bits per heavy atom. The molecule has 1 fully saturated rings. The highest BCUT2D eigenvalue weighted by Gasteiger charge is 2.35. The number of rotatable bonds is 6. The second-order valence-electron chi connectivity index (χ2n) is 7.14. The number of imide groups is 1. The molecule has 1 aliphatic heterocycles. The highest BCUT2D eigenvalue weighted by Crippen LogP contribution is 2.33. The van der Waals surface area contributed by atoms with Crippen molar-refractivity contribution in [2.75, 3.05) is 0 Å². The Labute approximate surface area is 184 Å². The summed E-state index contributed by atoms with van der Waals surface area (Å²) >= 11 is 0.860. The van der Waals surface area contributed by atoms with Crippen molar-refractivity contribution in [3.05, 3.63) is 106 Å². The minimum atomic E-state index is -0.438. The van der Waals surface area contributed by atoms with E-state index < -0.39 is 17.0 Å². The number of hydrogen-bond donors (Lipinski definition) is 0. The summed E-state index contributed by atoms with van der Waals surface area (Å²) in [6.07, 6.45) is 1.66. The van der Waals surface area contributed by atoms with Crippen LogP contribution < -0.4 is 4.74 Å². The third-order valence-corrected chi connectivity index (χ3v) is 5.90. The molecule has 156 valence electrons. The average Bonchev–Trinajstić information content (AvgIpc) is 3.03. The van der Waals surface area contributed by atoms with Gasteiger partial charge in [0, 0.05) is 5.56 Å². The molecule has 2 amide bonds. The van der Waals surface area contributed by atoms with E-state index in [1.807, 2.05) is 55.5 Å². The minimum absolute atomic E-state index is 0.0830. The van der Waals surface area contributed by atoms with Crippen LogP contribution in [0.2, 0.25) is 0 Å². The fourth-order valence-electron chi connectivity index (χ4n) is 3.18. The lowest BCUT2D eigenvalue weighted by molar-refractivity contribution is -0.123. The second kappa shape index (κ2) is 9.18. The molecule has 0 bridgehead atoms. The molecular formula is C25H20FNO3S. The van der Waals surface area contributed by atoms with E-state index in [2.05, 4.69) is 0 Å². The molecule has 0 saturated carbocycles. The van der Waals surface area contributed by atoms with E-state index in [1.54, 1.807) is 24.3 Å². The van der Waals surface area contributed by atoms with E-state index in [-0.39, 0.29) is 6.54 Å². The number of amides is 2. The summed E-state index contributed by atoms with van der Waals surface area (Å²) in [6, 6.07) is 21.5. The van der Waals surface area contributed by atoms with E-state index in [4.69, 9.17) is 4.74 Å². The summed E-state index contributed by atoms with van der Waals surface area (Å²) in [6.45, 7) is 2.43. The first-order valence-corrected chi connectivity index (χ1v) is 10.6. The maximum Gasteiger partial charge on any atom is 0.293 e. The van der Waals surface area contributed by atoms with Crippen molar-refractivity contribution in [1.29, 1.82) is 0 Å². The van der Waals surface area contributed by atoms with Crippen LogP contribution in [0, 0.1) is 12.7 Å². The van der Waals surface area contributed by atoms with Gasteiger partial charge in [0.05, 0.1) is 11.4 Å². The smallest absolute Gasteiger partial charge is 0.293 e. The van der Waals surface area contributed by atoms with Gasteiger partial charge in [0.1, 0.15) is 18.2 Å². The molecule has 4 rings (SSSR count). The topological polar surface area (TPSA) is 46.6 Å². The molecule has 0 aliphatic carbocycles. The van der Waals surface area contributed by atoms with E-state index in [9.17, 15) is 14.0 Å². The van der Waals surface area contributed by atoms with Crippen molar-refractivity contribution >= 4 is 29.0 Å². The molecule has 3 aromatic carbocycles. The zero-order valence-corrected chi connectivity index (χ0v) is 17.7. The van der Waals surface area contributed by atoms with Crippen LogP contribution in [0.3, 0.4) is 0 Å². The van der Waals surface area contributed by atoms with Crippen LogP contribution in [0.4, 0.5) is 9.18 Å². The van der Waals surface area contributed by atoms with Gasteiger partial charge in [-0.3, -0.25) is 14.5 Å². The highest BCUT2D eigenvalue weighted by molar-refractivity contribution is 8.18. The second-order valence-corrected chi connectivity index (χ2v) is 8.14. The molecule has 1 heterocycles. The number of benzene rings is 3. The number of nitrogens with zero attached hydrogens (tertiary/aromatic N) is 1. The number of carbonyl (C=O) groups is 2. The van der Waals surface area contributed by atoms with Gasteiger partial charge in [0.25, 0.3) is 11.1 Å². The molecule has 0 aromatic heterocycles. The van der Waals surface area contributed by atoms with Crippen molar-refractivity contribution in [3.8, 4) is 5.75 Å². The maximum absolute atomic E-state index is 13.9. The Hall–Kier alpha value is -3.38. The Bertz CT molecular complexity index is 1160. The fraction of sp³-hybridized carbons (Fsp3) is 0.120. The largest absolute Gasteiger partial charge is 0.489 e. The summed E-state index contributed by atoms with van der Waals surface area (Å²) in [4.78, 5) is 26.3. The van der Waals surface area contributed by atoms with Crippen LogP contribution in [-0.4, -0.2) is 16.0 Å². The number of hydrogen-bond acceptors (Lipinski definition) is 4. The number of halogens is 1. The third kappa shape index (κ3) is 4.86. The zero-order chi connectivity index (χ0) is 21.8. The van der Waals surface area contributed by atoms with Crippen LogP contribution in [0.1, 0.15) is 22.3 Å². The van der Waals surface area contributed by atoms with Crippen LogP contribution in [-0.2, 0) is 17.9 Å². The SMILES string of the molecule is Cc1ccccc1COc1ccc(/C=C2\SC(=O)N(Cc3ccccc3F)C2=O)cc1. The molecule has 31 heavy (non-hydrogen) atoms.